The van der Waals surface area contributed by atoms with Crippen LogP contribution in [0.25, 0.3) is 0 Å². The molecule has 5 nitrogen and oxygen atoms in total. The first-order chi connectivity index (χ1) is 12.9. The van der Waals surface area contributed by atoms with Gasteiger partial charge in [-0.2, -0.15) is 4.31 Å². The summed E-state index contributed by atoms with van der Waals surface area (Å²) in [5.74, 6) is -0.357. The normalized spacial score (nSPS) is 15.9. The lowest BCUT2D eigenvalue weighted by atomic mass is 10.1. The first-order valence-corrected chi connectivity index (χ1v) is 10.9. The lowest BCUT2D eigenvalue weighted by Gasteiger charge is -2.21. The summed E-state index contributed by atoms with van der Waals surface area (Å²) in [5, 5.41) is 3.35. The number of nitrogens with one attached hydrogen (secondary N) is 1. The molecule has 0 spiro atoms. The van der Waals surface area contributed by atoms with Gasteiger partial charge in [-0.05, 0) is 61.7 Å². The van der Waals surface area contributed by atoms with E-state index in [1.807, 2.05) is 0 Å². The van der Waals surface area contributed by atoms with Crippen molar-refractivity contribution in [1.29, 1.82) is 0 Å². The molecule has 0 aromatic heterocycles. The topological polar surface area (TPSA) is 66.5 Å². The Bertz CT molecular complexity index is 919. The van der Waals surface area contributed by atoms with Crippen molar-refractivity contribution in [3.05, 3.63) is 58.6 Å². The van der Waals surface area contributed by atoms with Gasteiger partial charge in [-0.15, -0.1) is 0 Å². The summed E-state index contributed by atoms with van der Waals surface area (Å²) in [6.07, 6.45) is 3.84. The number of hydrogen-bond donors (Lipinski definition) is 1. The Morgan fingerprint density at radius 1 is 1.00 bits per heavy atom. The highest BCUT2D eigenvalue weighted by Gasteiger charge is 2.27. The third-order valence-corrected chi connectivity index (χ3v) is 7.03. The quantitative estimate of drug-likeness (QED) is 0.814. The van der Waals surface area contributed by atoms with Gasteiger partial charge in [-0.1, -0.05) is 30.5 Å². The number of anilines is 1. The SMILES string of the molecule is Cc1ccc(C(=O)Nc2ccc(Cl)cc2)cc1S(=O)(=O)N1CCCCCC1. The van der Waals surface area contributed by atoms with E-state index >= 15 is 0 Å². The van der Waals surface area contributed by atoms with Gasteiger partial charge in [0.2, 0.25) is 10.0 Å². The highest BCUT2D eigenvalue weighted by atomic mass is 35.5. The van der Waals surface area contributed by atoms with Crippen LogP contribution >= 0.6 is 11.6 Å². The number of carbonyl (C=O) groups excluding carboxylic acids is 1. The summed E-state index contributed by atoms with van der Waals surface area (Å²) in [6, 6.07) is 11.6. The summed E-state index contributed by atoms with van der Waals surface area (Å²) in [5.41, 5.74) is 1.55. The monoisotopic (exact) mass is 406 g/mol. The maximum atomic E-state index is 13.1. The molecular formula is C20H23ClN2O3S. The van der Waals surface area contributed by atoms with Gasteiger partial charge in [-0.3, -0.25) is 4.79 Å². The van der Waals surface area contributed by atoms with Gasteiger partial charge < -0.3 is 5.32 Å². The van der Waals surface area contributed by atoms with Crippen molar-refractivity contribution in [3.63, 3.8) is 0 Å². The number of amides is 1. The molecule has 0 saturated carbocycles. The first-order valence-electron chi connectivity index (χ1n) is 9.05. The van der Waals surface area contributed by atoms with Crippen LogP contribution in [0.4, 0.5) is 5.69 Å². The van der Waals surface area contributed by atoms with Crippen molar-refractivity contribution in [1.82, 2.24) is 4.31 Å². The number of halogens is 1. The number of benzene rings is 2. The van der Waals surface area contributed by atoms with Gasteiger partial charge in [0.05, 0.1) is 4.90 Å². The molecule has 1 fully saturated rings. The minimum Gasteiger partial charge on any atom is -0.322 e. The predicted molar refractivity (Wildman–Crippen MR) is 108 cm³/mol. The Balaban J connectivity index is 1.87. The summed E-state index contributed by atoms with van der Waals surface area (Å²) in [7, 11) is -3.61. The van der Waals surface area contributed by atoms with Gasteiger partial charge in [-0.25, -0.2) is 8.42 Å². The van der Waals surface area contributed by atoms with Crippen LogP contribution in [0.3, 0.4) is 0 Å². The zero-order valence-electron chi connectivity index (χ0n) is 15.2. The molecule has 0 unspecified atom stereocenters. The van der Waals surface area contributed by atoms with Crippen molar-refractivity contribution in [2.75, 3.05) is 18.4 Å². The molecule has 3 rings (SSSR count). The molecule has 2 aromatic carbocycles. The number of aryl methyl sites for hydroxylation is 1. The Morgan fingerprint density at radius 2 is 1.63 bits per heavy atom. The van der Waals surface area contributed by atoms with Crippen molar-refractivity contribution >= 4 is 33.2 Å². The molecule has 1 saturated heterocycles. The number of nitrogens with zero attached hydrogens (tertiary/aromatic N) is 1. The highest BCUT2D eigenvalue weighted by Crippen LogP contribution is 2.24. The second-order valence-electron chi connectivity index (χ2n) is 6.76. The molecule has 1 aliphatic heterocycles. The highest BCUT2D eigenvalue weighted by molar-refractivity contribution is 7.89. The molecule has 27 heavy (non-hydrogen) atoms. The lowest BCUT2D eigenvalue weighted by molar-refractivity contribution is 0.102. The van der Waals surface area contributed by atoms with Gasteiger partial charge in [0.1, 0.15) is 0 Å². The van der Waals surface area contributed by atoms with E-state index < -0.39 is 10.0 Å². The fraction of sp³-hybridized carbons (Fsp3) is 0.350. The van der Waals surface area contributed by atoms with Crippen molar-refractivity contribution in [2.24, 2.45) is 0 Å². The molecule has 7 heteroatoms. The second-order valence-corrected chi connectivity index (χ2v) is 9.10. The molecular weight excluding hydrogens is 384 g/mol. The number of sulfonamides is 1. The minimum absolute atomic E-state index is 0.202. The molecule has 0 atom stereocenters. The number of carbonyl (C=O) groups is 1. The maximum Gasteiger partial charge on any atom is 0.255 e. The summed E-state index contributed by atoms with van der Waals surface area (Å²) in [6.45, 7) is 2.82. The van der Waals surface area contributed by atoms with Crippen molar-refractivity contribution in [3.8, 4) is 0 Å². The third kappa shape index (κ3) is 4.69. The maximum absolute atomic E-state index is 13.1. The third-order valence-electron chi connectivity index (χ3n) is 4.74. The van der Waals surface area contributed by atoms with Crippen LogP contribution in [-0.4, -0.2) is 31.7 Å². The second kappa shape index (κ2) is 8.42. The average molecular weight is 407 g/mol. The Labute approximate surface area is 165 Å². The smallest absolute Gasteiger partial charge is 0.255 e. The van der Waals surface area contributed by atoms with Crippen LogP contribution < -0.4 is 5.32 Å². The molecule has 0 aliphatic carbocycles. The summed E-state index contributed by atoms with van der Waals surface area (Å²) < 4.78 is 27.8. The van der Waals surface area contributed by atoms with Crippen LogP contribution in [0, 0.1) is 6.92 Å². The number of rotatable bonds is 4. The zero-order valence-corrected chi connectivity index (χ0v) is 16.8. The fourth-order valence-electron chi connectivity index (χ4n) is 3.18. The Morgan fingerprint density at radius 3 is 2.26 bits per heavy atom. The Kier molecular flexibility index (Phi) is 6.19. The van der Waals surface area contributed by atoms with E-state index in [1.165, 1.54) is 6.07 Å². The summed E-state index contributed by atoms with van der Waals surface area (Å²) in [4.78, 5) is 12.8. The van der Waals surface area contributed by atoms with E-state index in [0.717, 1.165) is 25.7 Å². The van der Waals surface area contributed by atoms with Crippen LogP contribution in [0.5, 0.6) is 0 Å². The van der Waals surface area contributed by atoms with E-state index in [0.29, 0.717) is 34.9 Å². The molecule has 1 aliphatic rings. The van der Waals surface area contributed by atoms with Crippen LogP contribution in [0.15, 0.2) is 47.4 Å². The molecule has 2 aromatic rings. The zero-order chi connectivity index (χ0) is 19.4. The fourth-order valence-corrected chi connectivity index (χ4v) is 5.07. The standard InChI is InChI=1S/C20H23ClN2O3S/c1-15-6-7-16(20(24)22-18-10-8-17(21)9-11-18)14-19(15)27(25,26)23-12-4-2-3-5-13-23/h6-11,14H,2-5,12-13H2,1H3,(H,22,24). The van der Waals surface area contributed by atoms with Crippen LogP contribution in [-0.2, 0) is 10.0 Å². The largest absolute Gasteiger partial charge is 0.322 e. The molecule has 1 heterocycles. The molecule has 1 amide bonds. The average Bonchev–Trinajstić information content (AvgIpc) is 2.94. The van der Waals surface area contributed by atoms with Gasteiger partial charge in [0.15, 0.2) is 0 Å². The predicted octanol–water partition coefficient (Wildman–Crippen LogP) is 4.47. The van der Waals surface area contributed by atoms with Gasteiger partial charge >= 0.3 is 0 Å². The molecule has 0 bridgehead atoms. The Hall–Kier alpha value is -1.89. The lowest BCUT2D eigenvalue weighted by Crippen LogP contribution is -2.32. The van der Waals surface area contributed by atoms with Crippen LogP contribution in [0.2, 0.25) is 5.02 Å². The van der Waals surface area contributed by atoms with E-state index in [1.54, 1.807) is 47.6 Å². The molecule has 144 valence electrons. The van der Waals surface area contributed by atoms with Crippen molar-refractivity contribution < 1.29 is 13.2 Å². The minimum atomic E-state index is -3.61. The van der Waals surface area contributed by atoms with Crippen LogP contribution in [0.1, 0.15) is 41.6 Å². The van der Waals surface area contributed by atoms with E-state index in [2.05, 4.69) is 5.32 Å². The van der Waals surface area contributed by atoms with E-state index in [9.17, 15) is 13.2 Å². The summed E-state index contributed by atoms with van der Waals surface area (Å²) >= 11 is 5.85. The molecule has 0 radical (unpaired) electrons. The number of hydrogen-bond acceptors (Lipinski definition) is 3. The van der Waals surface area contributed by atoms with E-state index in [4.69, 9.17) is 11.6 Å². The molecule has 1 N–H and O–H groups in total. The van der Waals surface area contributed by atoms with Gasteiger partial charge in [0.25, 0.3) is 5.91 Å². The first kappa shape index (κ1) is 19.9. The van der Waals surface area contributed by atoms with E-state index in [-0.39, 0.29) is 10.8 Å². The van der Waals surface area contributed by atoms with Gasteiger partial charge in [0, 0.05) is 29.4 Å². The van der Waals surface area contributed by atoms with Crippen molar-refractivity contribution in [2.45, 2.75) is 37.5 Å².